The average Bonchev–Trinajstić information content (AvgIpc) is 3.14. The van der Waals surface area contributed by atoms with Gasteiger partial charge in [0.05, 0.1) is 12.5 Å². The van der Waals surface area contributed by atoms with Gasteiger partial charge in [-0.2, -0.15) is 0 Å². The van der Waals surface area contributed by atoms with E-state index in [4.69, 9.17) is 8.83 Å². The second kappa shape index (κ2) is 6.37. The summed E-state index contributed by atoms with van der Waals surface area (Å²) in [4.78, 5) is 34.1. The topological polar surface area (TPSA) is 96.0 Å². The number of Topliss-reactive ketones (excluding diaryl/α,β-unsaturated/α-hetero) is 1. The van der Waals surface area contributed by atoms with Gasteiger partial charge in [0.25, 0.3) is 0 Å². The summed E-state index contributed by atoms with van der Waals surface area (Å²) in [6.45, 7) is -1.02. The van der Waals surface area contributed by atoms with Gasteiger partial charge >= 0.3 is 11.9 Å². The SMILES string of the molecule is O=C(COC(=O)c1ccco1)COC(=O)c1ccco1. The van der Waals surface area contributed by atoms with Crippen LogP contribution in [-0.4, -0.2) is 30.9 Å². The van der Waals surface area contributed by atoms with Crippen LogP contribution in [0.5, 0.6) is 0 Å². The monoisotopic (exact) mass is 278 g/mol. The summed E-state index contributed by atoms with van der Waals surface area (Å²) in [6.07, 6.45) is 2.62. The molecule has 0 aliphatic carbocycles. The van der Waals surface area contributed by atoms with Gasteiger partial charge in [0, 0.05) is 0 Å². The number of furan rings is 2. The number of ether oxygens (including phenoxy) is 2. The van der Waals surface area contributed by atoms with Crippen LogP contribution in [0.25, 0.3) is 0 Å². The largest absolute Gasteiger partial charge is 0.457 e. The van der Waals surface area contributed by atoms with Crippen molar-refractivity contribution >= 4 is 17.7 Å². The van der Waals surface area contributed by atoms with Crippen molar-refractivity contribution < 1.29 is 32.7 Å². The van der Waals surface area contributed by atoms with Crippen LogP contribution >= 0.6 is 0 Å². The van der Waals surface area contributed by atoms with E-state index in [1.54, 1.807) is 0 Å². The molecule has 20 heavy (non-hydrogen) atoms. The van der Waals surface area contributed by atoms with Gasteiger partial charge in [0.15, 0.2) is 13.2 Å². The smallest absolute Gasteiger partial charge is 0.374 e. The Balaban J connectivity index is 1.71. The average molecular weight is 278 g/mol. The number of hydrogen-bond acceptors (Lipinski definition) is 7. The Morgan fingerprint density at radius 1 is 0.850 bits per heavy atom. The molecule has 7 heteroatoms. The van der Waals surface area contributed by atoms with Crippen LogP contribution in [0, 0.1) is 0 Å². The molecule has 2 aromatic heterocycles. The number of esters is 2. The first-order valence-electron chi connectivity index (χ1n) is 5.60. The lowest BCUT2D eigenvalue weighted by Gasteiger charge is -2.03. The van der Waals surface area contributed by atoms with Crippen molar-refractivity contribution in [2.75, 3.05) is 13.2 Å². The zero-order valence-electron chi connectivity index (χ0n) is 10.2. The van der Waals surface area contributed by atoms with Crippen molar-refractivity contribution in [1.29, 1.82) is 0 Å². The molecule has 0 aliphatic heterocycles. The van der Waals surface area contributed by atoms with Gasteiger partial charge in [-0.1, -0.05) is 0 Å². The molecular weight excluding hydrogens is 268 g/mol. The zero-order valence-corrected chi connectivity index (χ0v) is 10.2. The maximum atomic E-state index is 11.4. The highest BCUT2D eigenvalue weighted by Crippen LogP contribution is 2.03. The van der Waals surface area contributed by atoms with Crippen LogP contribution in [0.2, 0.25) is 0 Å². The third-order valence-electron chi connectivity index (χ3n) is 2.17. The van der Waals surface area contributed by atoms with E-state index in [-0.39, 0.29) is 11.5 Å². The van der Waals surface area contributed by atoms with Crippen LogP contribution in [0.15, 0.2) is 45.6 Å². The molecular formula is C13H10O7. The quantitative estimate of drug-likeness (QED) is 0.738. The van der Waals surface area contributed by atoms with Gasteiger partial charge in [0.2, 0.25) is 17.3 Å². The Labute approximate surface area is 113 Å². The molecule has 7 nitrogen and oxygen atoms in total. The molecule has 0 fully saturated rings. The Morgan fingerprint density at radius 3 is 1.65 bits per heavy atom. The van der Waals surface area contributed by atoms with Crippen molar-refractivity contribution in [1.82, 2.24) is 0 Å². The third kappa shape index (κ3) is 3.58. The summed E-state index contributed by atoms with van der Waals surface area (Å²) in [5.74, 6) is -2.11. The molecule has 0 atom stereocenters. The molecule has 2 rings (SSSR count). The van der Waals surface area contributed by atoms with Gasteiger partial charge in [-0.25, -0.2) is 9.59 Å². The molecule has 0 aromatic carbocycles. The molecule has 0 radical (unpaired) electrons. The van der Waals surface area contributed by atoms with Gasteiger partial charge < -0.3 is 18.3 Å². The second-order valence-corrected chi connectivity index (χ2v) is 3.65. The Hall–Kier alpha value is -2.83. The summed E-state index contributed by atoms with van der Waals surface area (Å²) in [7, 11) is 0. The molecule has 0 bridgehead atoms. The van der Waals surface area contributed by atoms with Crippen molar-refractivity contribution in [3.63, 3.8) is 0 Å². The highest BCUT2D eigenvalue weighted by atomic mass is 16.6. The van der Waals surface area contributed by atoms with E-state index in [0.29, 0.717) is 0 Å². The van der Waals surface area contributed by atoms with E-state index in [1.807, 2.05) is 0 Å². The molecule has 104 valence electrons. The third-order valence-corrected chi connectivity index (χ3v) is 2.17. The predicted molar refractivity (Wildman–Crippen MR) is 63.0 cm³/mol. The fraction of sp³-hybridized carbons (Fsp3) is 0.154. The van der Waals surface area contributed by atoms with Crippen LogP contribution in [0.4, 0.5) is 0 Å². The lowest BCUT2D eigenvalue weighted by atomic mass is 10.4. The molecule has 0 saturated heterocycles. The summed E-state index contributed by atoms with van der Waals surface area (Å²) >= 11 is 0. The minimum Gasteiger partial charge on any atom is -0.457 e. The fourth-order valence-corrected chi connectivity index (χ4v) is 1.27. The Bertz CT molecular complexity index is 528. The maximum absolute atomic E-state index is 11.4. The lowest BCUT2D eigenvalue weighted by molar-refractivity contribution is -0.125. The van der Waals surface area contributed by atoms with E-state index < -0.39 is 30.9 Å². The van der Waals surface area contributed by atoms with Crippen LogP contribution < -0.4 is 0 Å². The lowest BCUT2D eigenvalue weighted by Crippen LogP contribution is -2.20. The predicted octanol–water partition coefficient (Wildman–Crippen LogP) is 1.46. The minimum absolute atomic E-state index is 0.00891. The van der Waals surface area contributed by atoms with Crippen molar-refractivity contribution in [3.05, 3.63) is 48.3 Å². The molecule has 2 heterocycles. The number of ketones is 1. The zero-order chi connectivity index (χ0) is 14.4. The van der Waals surface area contributed by atoms with E-state index in [1.165, 1.54) is 36.8 Å². The molecule has 0 saturated carbocycles. The molecule has 0 N–H and O–H groups in total. The van der Waals surface area contributed by atoms with Gasteiger partial charge in [-0.3, -0.25) is 4.79 Å². The van der Waals surface area contributed by atoms with E-state index in [2.05, 4.69) is 9.47 Å². The van der Waals surface area contributed by atoms with Crippen LogP contribution in [0.3, 0.4) is 0 Å². The molecule has 0 spiro atoms. The second-order valence-electron chi connectivity index (χ2n) is 3.65. The van der Waals surface area contributed by atoms with Crippen LogP contribution in [-0.2, 0) is 14.3 Å². The summed E-state index contributed by atoms with van der Waals surface area (Å²) < 4.78 is 18.9. The molecule has 0 amide bonds. The first-order chi connectivity index (χ1) is 9.66. The van der Waals surface area contributed by atoms with E-state index in [0.717, 1.165) is 0 Å². The van der Waals surface area contributed by atoms with E-state index >= 15 is 0 Å². The maximum Gasteiger partial charge on any atom is 0.374 e. The summed E-state index contributed by atoms with van der Waals surface area (Å²) in [5.41, 5.74) is 0. The Kier molecular flexibility index (Phi) is 4.33. The normalized spacial score (nSPS) is 10.0. The highest BCUT2D eigenvalue weighted by molar-refractivity contribution is 5.91. The molecule has 0 unspecified atom stereocenters. The number of carbonyl (C=O) groups excluding carboxylic acids is 3. The molecule has 2 aromatic rings. The number of hydrogen-bond donors (Lipinski definition) is 0. The minimum atomic E-state index is -0.763. The highest BCUT2D eigenvalue weighted by Gasteiger charge is 2.15. The van der Waals surface area contributed by atoms with E-state index in [9.17, 15) is 14.4 Å². The molecule has 0 aliphatic rings. The first-order valence-corrected chi connectivity index (χ1v) is 5.60. The van der Waals surface area contributed by atoms with Gasteiger partial charge in [0.1, 0.15) is 0 Å². The fourth-order valence-electron chi connectivity index (χ4n) is 1.27. The van der Waals surface area contributed by atoms with Crippen molar-refractivity contribution in [2.24, 2.45) is 0 Å². The Morgan fingerprint density at radius 2 is 1.30 bits per heavy atom. The number of rotatable bonds is 6. The summed E-state index contributed by atoms with van der Waals surface area (Å²) in [6, 6.07) is 5.85. The van der Waals surface area contributed by atoms with Gasteiger partial charge in [-0.15, -0.1) is 0 Å². The summed E-state index contributed by atoms with van der Waals surface area (Å²) in [5, 5.41) is 0. The standard InChI is InChI=1S/C13H10O7/c14-9(7-19-12(15)10-3-1-5-17-10)8-20-13(16)11-4-2-6-18-11/h1-6H,7-8H2. The number of carbonyl (C=O) groups is 3. The van der Waals surface area contributed by atoms with Crippen molar-refractivity contribution in [2.45, 2.75) is 0 Å². The van der Waals surface area contributed by atoms with Crippen molar-refractivity contribution in [3.8, 4) is 0 Å². The van der Waals surface area contributed by atoms with Crippen LogP contribution in [0.1, 0.15) is 21.1 Å². The van der Waals surface area contributed by atoms with Gasteiger partial charge in [-0.05, 0) is 24.3 Å². The first kappa shape index (κ1) is 13.6.